The first kappa shape index (κ1) is 13.1. The maximum atomic E-state index is 12.2. The van der Waals surface area contributed by atoms with Crippen molar-refractivity contribution < 1.29 is 4.79 Å². The van der Waals surface area contributed by atoms with Gasteiger partial charge < -0.3 is 10.6 Å². The highest BCUT2D eigenvalue weighted by Crippen LogP contribution is 2.18. The van der Waals surface area contributed by atoms with Gasteiger partial charge >= 0.3 is 0 Å². The summed E-state index contributed by atoms with van der Waals surface area (Å²) in [6.07, 6.45) is 5.75. The number of anilines is 2. The maximum absolute atomic E-state index is 12.2. The number of rotatable bonds is 4. The van der Waals surface area contributed by atoms with Crippen LogP contribution in [0.5, 0.6) is 0 Å². The Kier molecular flexibility index (Phi) is 3.79. The molecule has 0 unspecified atom stereocenters. The lowest BCUT2D eigenvalue weighted by molar-refractivity contribution is 0.102. The molecule has 0 radical (unpaired) electrons. The summed E-state index contributed by atoms with van der Waals surface area (Å²) in [4.78, 5) is 16.2. The molecule has 2 aromatic heterocycles. The van der Waals surface area contributed by atoms with Crippen molar-refractivity contribution >= 4 is 17.3 Å². The first-order valence-corrected chi connectivity index (χ1v) is 6.11. The third-order valence-corrected chi connectivity index (χ3v) is 2.82. The smallest absolute Gasteiger partial charge is 0.259 e. The van der Waals surface area contributed by atoms with Gasteiger partial charge in [0, 0.05) is 38.4 Å². The van der Waals surface area contributed by atoms with Gasteiger partial charge in [0.05, 0.1) is 16.9 Å². The van der Waals surface area contributed by atoms with E-state index in [4.69, 9.17) is 0 Å². The molecule has 0 bridgehead atoms. The number of nitrogens with zero attached hydrogens (tertiary/aromatic N) is 3. The molecular formula is C13H17N5O. The Balaban J connectivity index is 2.25. The van der Waals surface area contributed by atoms with E-state index < -0.39 is 0 Å². The highest BCUT2D eigenvalue weighted by atomic mass is 16.1. The number of carbonyl (C=O) groups excluding carboxylic acids is 1. The number of hydrogen-bond donors (Lipinski definition) is 2. The second kappa shape index (κ2) is 5.51. The number of amides is 1. The first-order valence-electron chi connectivity index (χ1n) is 6.11. The van der Waals surface area contributed by atoms with Crippen molar-refractivity contribution in [1.82, 2.24) is 14.8 Å². The second-order valence-corrected chi connectivity index (χ2v) is 4.14. The Bertz CT molecular complexity index is 590. The van der Waals surface area contributed by atoms with Crippen molar-refractivity contribution in [1.29, 1.82) is 0 Å². The lowest BCUT2D eigenvalue weighted by Crippen LogP contribution is -2.14. The number of pyridine rings is 1. The fourth-order valence-corrected chi connectivity index (χ4v) is 1.88. The van der Waals surface area contributed by atoms with Gasteiger partial charge in [0.25, 0.3) is 5.91 Å². The maximum Gasteiger partial charge on any atom is 0.259 e. The predicted molar refractivity (Wildman–Crippen MR) is 74.3 cm³/mol. The summed E-state index contributed by atoms with van der Waals surface area (Å²) in [5, 5.41) is 10.1. The van der Waals surface area contributed by atoms with Crippen LogP contribution >= 0.6 is 0 Å². The topological polar surface area (TPSA) is 71.8 Å². The van der Waals surface area contributed by atoms with Crippen LogP contribution in [-0.2, 0) is 13.5 Å². The standard InChI is InChI=1S/C13H17N5O/c1-4-10-12(8-18(3)17-10)16-13(19)9-7-15-6-5-11(9)14-2/h5-8H,4H2,1-3H3,(H,14,15)(H,16,19). The molecule has 0 atom stereocenters. The molecule has 2 heterocycles. The lowest BCUT2D eigenvalue weighted by atomic mass is 10.2. The van der Waals surface area contributed by atoms with Crippen molar-refractivity contribution in [2.75, 3.05) is 17.7 Å². The Morgan fingerprint density at radius 2 is 2.21 bits per heavy atom. The molecule has 0 saturated carbocycles. The van der Waals surface area contributed by atoms with Crippen LogP contribution in [0.1, 0.15) is 23.0 Å². The van der Waals surface area contributed by atoms with E-state index >= 15 is 0 Å². The highest BCUT2D eigenvalue weighted by Gasteiger charge is 2.14. The Hall–Kier alpha value is -2.37. The van der Waals surface area contributed by atoms with E-state index in [-0.39, 0.29) is 5.91 Å². The van der Waals surface area contributed by atoms with Crippen LogP contribution < -0.4 is 10.6 Å². The van der Waals surface area contributed by atoms with E-state index in [0.717, 1.165) is 23.5 Å². The number of aryl methyl sites for hydroxylation is 2. The van der Waals surface area contributed by atoms with Crippen LogP contribution in [0.3, 0.4) is 0 Å². The van der Waals surface area contributed by atoms with E-state index in [2.05, 4.69) is 20.7 Å². The molecule has 0 aliphatic rings. The van der Waals surface area contributed by atoms with Gasteiger partial charge in [-0.05, 0) is 12.5 Å². The minimum Gasteiger partial charge on any atom is -0.387 e. The van der Waals surface area contributed by atoms with Gasteiger partial charge in [0.2, 0.25) is 0 Å². The summed E-state index contributed by atoms with van der Waals surface area (Å²) in [5.74, 6) is -0.194. The quantitative estimate of drug-likeness (QED) is 0.876. The zero-order chi connectivity index (χ0) is 13.8. The Morgan fingerprint density at radius 3 is 2.89 bits per heavy atom. The van der Waals surface area contributed by atoms with E-state index in [1.54, 1.807) is 36.4 Å². The molecule has 1 amide bonds. The van der Waals surface area contributed by atoms with Gasteiger partial charge in [0.1, 0.15) is 0 Å². The van der Waals surface area contributed by atoms with Crippen LogP contribution in [0, 0.1) is 0 Å². The normalized spacial score (nSPS) is 10.3. The number of carbonyl (C=O) groups is 1. The molecule has 0 aromatic carbocycles. The van der Waals surface area contributed by atoms with Crippen LogP contribution in [0.25, 0.3) is 0 Å². The molecule has 100 valence electrons. The Morgan fingerprint density at radius 1 is 1.42 bits per heavy atom. The monoisotopic (exact) mass is 259 g/mol. The fourth-order valence-electron chi connectivity index (χ4n) is 1.88. The minimum atomic E-state index is -0.194. The summed E-state index contributed by atoms with van der Waals surface area (Å²) in [5.41, 5.74) is 2.86. The van der Waals surface area contributed by atoms with E-state index in [9.17, 15) is 4.79 Å². The van der Waals surface area contributed by atoms with Gasteiger partial charge in [0.15, 0.2) is 0 Å². The molecular weight excluding hydrogens is 242 g/mol. The van der Waals surface area contributed by atoms with Crippen molar-refractivity contribution in [2.45, 2.75) is 13.3 Å². The third-order valence-electron chi connectivity index (χ3n) is 2.82. The molecule has 0 saturated heterocycles. The second-order valence-electron chi connectivity index (χ2n) is 4.14. The van der Waals surface area contributed by atoms with Crippen LogP contribution in [0.2, 0.25) is 0 Å². The van der Waals surface area contributed by atoms with Crippen LogP contribution in [0.4, 0.5) is 11.4 Å². The largest absolute Gasteiger partial charge is 0.387 e. The number of hydrogen-bond acceptors (Lipinski definition) is 4. The van der Waals surface area contributed by atoms with Crippen molar-refractivity contribution in [2.24, 2.45) is 7.05 Å². The van der Waals surface area contributed by atoms with Gasteiger partial charge in [-0.1, -0.05) is 6.92 Å². The van der Waals surface area contributed by atoms with E-state index in [1.807, 2.05) is 14.0 Å². The lowest BCUT2D eigenvalue weighted by Gasteiger charge is -2.08. The van der Waals surface area contributed by atoms with Gasteiger partial charge in [-0.3, -0.25) is 14.5 Å². The molecule has 0 fully saturated rings. The van der Waals surface area contributed by atoms with E-state index in [0.29, 0.717) is 5.56 Å². The zero-order valence-electron chi connectivity index (χ0n) is 11.3. The number of nitrogens with one attached hydrogen (secondary N) is 2. The molecule has 0 spiro atoms. The molecule has 2 aromatic rings. The molecule has 0 aliphatic carbocycles. The van der Waals surface area contributed by atoms with Gasteiger partial charge in [-0.15, -0.1) is 0 Å². The summed E-state index contributed by atoms with van der Waals surface area (Å²) < 4.78 is 1.69. The highest BCUT2D eigenvalue weighted by molar-refractivity contribution is 6.07. The molecule has 0 aliphatic heterocycles. The zero-order valence-corrected chi connectivity index (χ0v) is 11.3. The third kappa shape index (κ3) is 2.73. The summed E-state index contributed by atoms with van der Waals surface area (Å²) in [6.45, 7) is 2.00. The van der Waals surface area contributed by atoms with Gasteiger partial charge in [-0.2, -0.15) is 5.10 Å². The molecule has 6 heteroatoms. The van der Waals surface area contributed by atoms with Crippen LogP contribution in [0.15, 0.2) is 24.7 Å². The SMILES string of the molecule is CCc1nn(C)cc1NC(=O)c1cnccc1NC. The Labute approximate surface area is 111 Å². The van der Waals surface area contributed by atoms with E-state index in [1.165, 1.54) is 0 Å². The van der Waals surface area contributed by atoms with Crippen LogP contribution in [-0.4, -0.2) is 27.7 Å². The minimum absolute atomic E-state index is 0.194. The number of aromatic nitrogens is 3. The van der Waals surface area contributed by atoms with Crippen molar-refractivity contribution in [3.8, 4) is 0 Å². The summed E-state index contributed by atoms with van der Waals surface area (Å²) in [6, 6.07) is 1.76. The molecule has 2 N–H and O–H groups in total. The predicted octanol–water partition coefficient (Wildman–Crippen LogP) is 1.67. The average molecular weight is 259 g/mol. The van der Waals surface area contributed by atoms with Crippen molar-refractivity contribution in [3.05, 3.63) is 35.9 Å². The summed E-state index contributed by atoms with van der Waals surface area (Å²) >= 11 is 0. The van der Waals surface area contributed by atoms with Crippen molar-refractivity contribution in [3.63, 3.8) is 0 Å². The summed E-state index contributed by atoms with van der Waals surface area (Å²) in [7, 11) is 3.60. The van der Waals surface area contributed by atoms with Gasteiger partial charge in [-0.25, -0.2) is 0 Å². The fraction of sp³-hybridized carbons (Fsp3) is 0.308. The average Bonchev–Trinajstić information content (AvgIpc) is 2.78. The molecule has 2 rings (SSSR count). The molecule has 19 heavy (non-hydrogen) atoms. The first-order chi connectivity index (χ1) is 9.15. The molecule has 6 nitrogen and oxygen atoms in total.